The molecule has 4 heteroatoms. The van der Waals surface area contributed by atoms with Gasteiger partial charge in [-0.2, -0.15) is 0 Å². The number of carboxylic acids is 1. The predicted molar refractivity (Wildman–Crippen MR) is 45.1 cm³/mol. The minimum Gasteiger partial charge on any atom is -0.480 e. The number of rotatable bonds is 5. The van der Waals surface area contributed by atoms with Crippen molar-refractivity contribution in [2.24, 2.45) is 0 Å². The Kier molecular flexibility index (Phi) is 5.24. The van der Waals surface area contributed by atoms with Gasteiger partial charge in [-0.25, -0.2) is 0 Å². The Labute approximate surface area is 71.9 Å². The van der Waals surface area contributed by atoms with Crippen molar-refractivity contribution in [3.05, 3.63) is 0 Å². The van der Waals surface area contributed by atoms with Gasteiger partial charge in [-0.1, -0.05) is 13.8 Å². The smallest absolute Gasteiger partial charge is 0.322 e. The summed E-state index contributed by atoms with van der Waals surface area (Å²) in [6, 6.07) is 0. The van der Waals surface area contributed by atoms with Gasteiger partial charge in [-0.3, -0.25) is 4.79 Å². The number of nitrogens with zero attached hydrogens (tertiary/aromatic N) is 1. The van der Waals surface area contributed by atoms with Crippen molar-refractivity contribution in [1.29, 1.82) is 0 Å². The minimum absolute atomic E-state index is 0.421. The van der Waals surface area contributed by atoms with Crippen LogP contribution in [0, 0.1) is 0 Å². The normalized spacial score (nSPS) is 13.5. The molecule has 0 aliphatic rings. The van der Waals surface area contributed by atoms with Gasteiger partial charge in [-0.05, 0) is 13.1 Å². The Morgan fingerprint density at radius 3 is 2.27 bits per heavy atom. The van der Waals surface area contributed by atoms with Gasteiger partial charge < -0.3 is 10.0 Å². The van der Waals surface area contributed by atoms with Crippen LogP contribution < -0.4 is 0 Å². The van der Waals surface area contributed by atoms with Crippen molar-refractivity contribution < 1.29 is 9.90 Å². The lowest BCUT2D eigenvalue weighted by molar-refractivity contribution is -0.136. The van der Waals surface area contributed by atoms with Crippen molar-refractivity contribution in [2.75, 3.05) is 19.6 Å². The van der Waals surface area contributed by atoms with Crippen molar-refractivity contribution in [3.8, 4) is 0 Å². The molecular formula is C7H14ClNO2. The van der Waals surface area contributed by atoms with Crippen molar-refractivity contribution >= 4 is 17.6 Å². The summed E-state index contributed by atoms with van der Waals surface area (Å²) in [4.78, 5) is 12.3. The van der Waals surface area contributed by atoms with Crippen LogP contribution in [-0.2, 0) is 4.79 Å². The summed E-state index contributed by atoms with van der Waals surface area (Å²) in [5, 5.41) is 7.68. The third-order valence-electron chi connectivity index (χ3n) is 1.58. The molecular weight excluding hydrogens is 166 g/mol. The fourth-order valence-electron chi connectivity index (χ4n) is 0.787. The Balaban J connectivity index is 3.71. The highest BCUT2D eigenvalue weighted by Gasteiger charge is 2.15. The first-order valence-electron chi connectivity index (χ1n) is 3.71. The minimum atomic E-state index is -0.946. The average molecular weight is 180 g/mol. The lowest BCUT2D eigenvalue weighted by Crippen LogP contribution is -2.33. The molecule has 0 bridgehead atoms. The number of carboxylic acid groups (broad SMARTS) is 1. The molecule has 11 heavy (non-hydrogen) atoms. The number of halogens is 1. The summed E-state index contributed by atoms with van der Waals surface area (Å²) < 4.78 is 0. The zero-order chi connectivity index (χ0) is 8.85. The van der Waals surface area contributed by atoms with Gasteiger partial charge >= 0.3 is 5.97 Å². The van der Waals surface area contributed by atoms with Gasteiger partial charge in [0.2, 0.25) is 0 Å². The van der Waals surface area contributed by atoms with E-state index < -0.39 is 11.3 Å². The highest BCUT2D eigenvalue weighted by atomic mass is 35.5. The molecule has 0 heterocycles. The first-order valence-corrected chi connectivity index (χ1v) is 4.14. The van der Waals surface area contributed by atoms with Crippen molar-refractivity contribution in [1.82, 2.24) is 4.90 Å². The number of aliphatic carboxylic acids is 1. The highest BCUT2D eigenvalue weighted by molar-refractivity contribution is 6.29. The molecule has 0 radical (unpaired) electrons. The second kappa shape index (κ2) is 5.38. The van der Waals surface area contributed by atoms with E-state index >= 15 is 0 Å². The average Bonchev–Trinajstić information content (AvgIpc) is 1.99. The van der Waals surface area contributed by atoms with Gasteiger partial charge in [0.05, 0.1) is 0 Å². The molecule has 1 atom stereocenters. The van der Waals surface area contributed by atoms with Crippen LogP contribution in [0.5, 0.6) is 0 Å². The summed E-state index contributed by atoms with van der Waals surface area (Å²) in [5.41, 5.74) is 0. The van der Waals surface area contributed by atoms with Crippen LogP contribution in [0.2, 0.25) is 0 Å². The fraction of sp³-hybridized carbons (Fsp3) is 0.857. The number of carbonyl (C=O) groups is 1. The molecule has 0 spiro atoms. The molecule has 0 aromatic heterocycles. The third-order valence-corrected chi connectivity index (χ3v) is 1.91. The fourth-order valence-corrected chi connectivity index (χ4v) is 0.982. The van der Waals surface area contributed by atoms with E-state index in [1.807, 2.05) is 18.7 Å². The maximum atomic E-state index is 10.3. The summed E-state index contributed by atoms with van der Waals surface area (Å²) in [6.45, 7) is 6.06. The molecule has 66 valence electrons. The molecule has 1 N–H and O–H groups in total. The van der Waals surface area contributed by atoms with Crippen LogP contribution in [0.3, 0.4) is 0 Å². The summed E-state index contributed by atoms with van der Waals surface area (Å²) in [7, 11) is 0. The van der Waals surface area contributed by atoms with E-state index in [1.165, 1.54) is 0 Å². The second-order valence-corrected chi connectivity index (χ2v) is 2.82. The molecule has 0 aliphatic heterocycles. The quantitative estimate of drug-likeness (QED) is 0.641. The number of alkyl halides is 1. The topological polar surface area (TPSA) is 40.5 Å². The van der Waals surface area contributed by atoms with E-state index in [2.05, 4.69) is 0 Å². The van der Waals surface area contributed by atoms with Crippen molar-refractivity contribution in [3.63, 3.8) is 0 Å². The van der Waals surface area contributed by atoms with Gasteiger partial charge in [0.15, 0.2) is 0 Å². The van der Waals surface area contributed by atoms with Gasteiger partial charge in [0.1, 0.15) is 5.38 Å². The SMILES string of the molecule is CCN(CC)CC(Cl)C(=O)O. The highest BCUT2D eigenvalue weighted by Crippen LogP contribution is 1.99. The van der Waals surface area contributed by atoms with Gasteiger partial charge in [-0.15, -0.1) is 11.6 Å². The first-order chi connectivity index (χ1) is 5.11. The predicted octanol–water partition coefficient (Wildman–Crippen LogP) is 1.02. The van der Waals surface area contributed by atoms with E-state index in [0.29, 0.717) is 6.54 Å². The lowest BCUT2D eigenvalue weighted by Gasteiger charge is -2.18. The van der Waals surface area contributed by atoms with Crippen LogP contribution >= 0.6 is 11.6 Å². The number of hydrogen-bond acceptors (Lipinski definition) is 2. The lowest BCUT2D eigenvalue weighted by atomic mass is 10.3. The van der Waals surface area contributed by atoms with E-state index in [0.717, 1.165) is 13.1 Å². The van der Waals surface area contributed by atoms with E-state index in [-0.39, 0.29) is 0 Å². The Morgan fingerprint density at radius 1 is 1.55 bits per heavy atom. The summed E-state index contributed by atoms with van der Waals surface area (Å²) >= 11 is 5.53. The third kappa shape index (κ3) is 4.22. The molecule has 0 aromatic rings. The molecule has 3 nitrogen and oxygen atoms in total. The number of hydrogen-bond donors (Lipinski definition) is 1. The second-order valence-electron chi connectivity index (χ2n) is 2.29. The molecule has 0 aromatic carbocycles. The van der Waals surface area contributed by atoms with E-state index in [4.69, 9.17) is 16.7 Å². The molecule has 0 saturated heterocycles. The molecule has 0 saturated carbocycles. The Morgan fingerprint density at radius 2 is 2.00 bits per heavy atom. The largest absolute Gasteiger partial charge is 0.480 e. The molecule has 1 unspecified atom stereocenters. The summed E-state index contributed by atoms with van der Waals surface area (Å²) in [5.74, 6) is -0.946. The molecule has 0 fully saturated rings. The molecule has 0 amide bonds. The maximum Gasteiger partial charge on any atom is 0.322 e. The van der Waals surface area contributed by atoms with Gasteiger partial charge in [0.25, 0.3) is 0 Å². The molecule has 0 aliphatic carbocycles. The maximum absolute atomic E-state index is 10.3. The van der Waals surface area contributed by atoms with Crippen LogP contribution in [0.15, 0.2) is 0 Å². The zero-order valence-electron chi connectivity index (χ0n) is 6.88. The van der Waals surface area contributed by atoms with Crippen LogP contribution in [-0.4, -0.2) is 41.0 Å². The van der Waals surface area contributed by atoms with Crippen molar-refractivity contribution in [2.45, 2.75) is 19.2 Å². The van der Waals surface area contributed by atoms with E-state index in [1.54, 1.807) is 0 Å². The molecule has 0 rings (SSSR count). The van der Waals surface area contributed by atoms with Crippen LogP contribution in [0.25, 0.3) is 0 Å². The standard InChI is InChI=1S/C7H14ClNO2/c1-3-9(4-2)5-6(8)7(10)11/h6H,3-5H2,1-2H3,(H,10,11). The first kappa shape index (κ1) is 10.7. The monoisotopic (exact) mass is 179 g/mol. The van der Waals surface area contributed by atoms with Crippen LogP contribution in [0.1, 0.15) is 13.8 Å². The van der Waals surface area contributed by atoms with Gasteiger partial charge in [0, 0.05) is 6.54 Å². The zero-order valence-corrected chi connectivity index (χ0v) is 7.64. The Hall–Kier alpha value is -0.280. The summed E-state index contributed by atoms with van der Waals surface area (Å²) in [6.07, 6.45) is 0. The van der Waals surface area contributed by atoms with E-state index in [9.17, 15) is 4.79 Å². The van der Waals surface area contributed by atoms with Crippen LogP contribution in [0.4, 0.5) is 0 Å². The Bertz CT molecular complexity index is 126.